The maximum Gasteiger partial charge on any atom is 0.213 e. The van der Waals surface area contributed by atoms with Crippen molar-refractivity contribution in [3.63, 3.8) is 0 Å². The van der Waals surface area contributed by atoms with E-state index in [1.165, 1.54) is 0 Å². The van der Waals surface area contributed by atoms with Crippen LogP contribution in [-0.4, -0.2) is 12.3 Å². The second kappa shape index (κ2) is 3.70. The van der Waals surface area contributed by atoms with Crippen molar-refractivity contribution in [3.05, 3.63) is 24.8 Å². The van der Waals surface area contributed by atoms with E-state index in [1.54, 1.807) is 13.2 Å². The molecule has 0 amide bonds. The van der Waals surface area contributed by atoms with Gasteiger partial charge in [-0.05, 0) is 17.7 Å². The number of aromatic nitrogens is 1. The largest absolute Gasteiger partial charge is 0.496 e. The van der Waals surface area contributed by atoms with Crippen molar-refractivity contribution >= 4 is 16.8 Å². The van der Waals surface area contributed by atoms with Gasteiger partial charge in [0.25, 0.3) is 0 Å². The number of hydrogen-bond donors (Lipinski definition) is 1. The number of fused-ring (bicyclic) bond motifs is 1. The van der Waals surface area contributed by atoms with Crippen molar-refractivity contribution < 1.29 is 14.0 Å². The minimum atomic E-state index is 0.323. The van der Waals surface area contributed by atoms with Crippen LogP contribution in [0.25, 0.3) is 11.0 Å². The maximum absolute atomic E-state index is 5.65. The van der Waals surface area contributed by atoms with Gasteiger partial charge in [0.1, 0.15) is 17.7 Å². The van der Waals surface area contributed by atoms with Gasteiger partial charge >= 0.3 is 0 Å². The van der Waals surface area contributed by atoms with E-state index in [0.717, 1.165) is 5.56 Å². The average Bonchev–Trinajstić information content (AvgIpc) is 2.60. The molecule has 1 heterocycles. The van der Waals surface area contributed by atoms with E-state index < -0.39 is 0 Å². The molecule has 0 saturated heterocycles. The van der Waals surface area contributed by atoms with E-state index in [4.69, 9.17) is 19.7 Å². The number of nitrogens with zero attached hydrogens (tertiary/aromatic N) is 1. The second-order valence-electron chi connectivity index (χ2n) is 3.09. The summed E-state index contributed by atoms with van der Waals surface area (Å²) in [6.45, 7) is 0.382. The quantitative estimate of drug-likeness (QED) is 0.776. The van der Waals surface area contributed by atoms with Crippen molar-refractivity contribution in [2.45, 2.75) is 6.61 Å². The third-order valence-electron chi connectivity index (χ3n) is 2.11. The van der Waals surface area contributed by atoms with Crippen molar-refractivity contribution in [2.24, 2.45) is 0 Å². The molecular formula is C10H11N2O3+. The number of benzene rings is 1. The third-order valence-corrected chi connectivity index (χ3v) is 2.11. The molecule has 0 spiro atoms. The fourth-order valence-corrected chi connectivity index (χ4v) is 1.47. The van der Waals surface area contributed by atoms with Gasteiger partial charge in [0.2, 0.25) is 7.11 Å². The molecule has 0 aliphatic carbocycles. The monoisotopic (exact) mass is 207 g/mol. The Hall–Kier alpha value is -1.88. The number of nitrogen functional groups attached to an aromatic ring is 1. The summed E-state index contributed by atoms with van der Waals surface area (Å²) in [5, 5.41) is 4.36. The zero-order valence-electron chi connectivity index (χ0n) is 8.32. The van der Waals surface area contributed by atoms with Crippen LogP contribution in [-0.2, 0) is 11.3 Å². The molecule has 0 unspecified atom stereocenters. The van der Waals surface area contributed by atoms with E-state index in [2.05, 4.69) is 12.3 Å². The summed E-state index contributed by atoms with van der Waals surface area (Å²) in [6, 6.07) is 3.62. The zero-order chi connectivity index (χ0) is 10.8. The lowest BCUT2D eigenvalue weighted by molar-refractivity contribution is 0.228. The number of rotatable bonds is 3. The number of ether oxygens (including phenoxy) is 2. The van der Waals surface area contributed by atoms with Crippen LogP contribution in [0.1, 0.15) is 5.56 Å². The summed E-state index contributed by atoms with van der Waals surface area (Å²) in [6.07, 6.45) is 0. The summed E-state index contributed by atoms with van der Waals surface area (Å²) in [5.41, 5.74) is 7.12. The van der Waals surface area contributed by atoms with E-state index in [-0.39, 0.29) is 0 Å². The van der Waals surface area contributed by atoms with Crippen LogP contribution >= 0.6 is 0 Å². The van der Waals surface area contributed by atoms with Gasteiger partial charge in [-0.1, -0.05) is 5.16 Å². The van der Waals surface area contributed by atoms with Crippen molar-refractivity contribution in [2.75, 3.05) is 12.8 Å². The molecule has 5 nitrogen and oxygen atoms in total. The molecule has 0 atom stereocenters. The van der Waals surface area contributed by atoms with Crippen LogP contribution in [0.4, 0.5) is 5.82 Å². The van der Waals surface area contributed by atoms with Crippen molar-refractivity contribution in [3.8, 4) is 5.75 Å². The van der Waals surface area contributed by atoms with Crippen LogP contribution < -0.4 is 10.5 Å². The Morgan fingerprint density at radius 1 is 1.53 bits per heavy atom. The SMILES string of the molecule is [CH2+]OCc1cc(OC)c2c(N)noc2c1. The molecular weight excluding hydrogens is 196 g/mol. The van der Waals surface area contributed by atoms with Crippen LogP contribution in [0.15, 0.2) is 16.7 Å². The fraction of sp³-hybridized carbons (Fsp3) is 0.200. The number of anilines is 1. The topological polar surface area (TPSA) is 70.5 Å². The van der Waals surface area contributed by atoms with Gasteiger partial charge in [-0.2, -0.15) is 4.74 Å². The first-order valence-electron chi connectivity index (χ1n) is 4.35. The van der Waals surface area contributed by atoms with Gasteiger partial charge in [-0.3, -0.25) is 0 Å². The number of nitrogens with two attached hydrogens (primary N) is 1. The Bertz CT molecular complexity index is 479. The molecule has 0 bridgehead atoms. The molecule has 2 N–H and O–H groups in total. The Labute approximate surface area is 86.7 Å². The summed E-state index contributed by atoms with van der Waals surface area (Å²) in [7, 11) is 4.88. The highest BCUT2D eigenvalue weighted by Gasteiger charge is 2.13. The molecule has 2 aromatic rings. The predicted octanol–water partition coefficient (Wildman–Crippen LogP) is 1.73. The second-order valence-corrected chi connectivity index (χ2v) is 3.09. The molecule has 0 radical (unpaired) electrons. The minimum absolute atomic E-state index is 0.323. The lowest BCUT2D eigenvalue weighted by Gasteiger charge is -2.03. The molecule has 0 aliphatic rings. The summed E-state index contributed by atoms with van der Waals surface area (Å²) < 4.78 is 15.0. The first kappa shape index (κ1) is 9.67. The molecule has 5 heteroatoms. The molecule has 0 aliphatic heterocycles. The Balaban J connectivity index is 2.62. The van der Waals surface area contributed by atoms with Crippen LogP contribution in [0.3, 0.4) is 0 Å². The summed E-state index contributed by atoms with van der Waals surface area (Å²) in [4.78, 5) is 0. The third kappa shape index (κ3) is 1.57. The fourth-order valence-electron chi connectivity index (χ4n) is 1.47. The standard InChI is InChI=1S/C10H11N2O3/c1-13-5-6-3-7(14-2)9-8(4-6)15-12-10(9)11/h3-4H,1,5H2,2H3,(H2,11,12)/q+1. The van der Waals surface area contributed by atoms with E-state index >= 15 is 0 Å². The zero-order valence-corrected chi connectivity index (χ0v) is 8.32. The first-order chi connectivity index (χ1) is 7.26. The van der Waals surface area contributed by atoms with Gasteiger partial charge in [0.05, 0.1) is 7.11 Å². The smallest absolute Gasteiger partial charge is 0.213 e. The van der Waals surface area contributed by atoms with Crippen LogP contribution in [0.5, 0.6) is 5.75 Å². The van der Waals surface area contributed by atoms with Gasteiger partial charge in [0.15, 0.2) is 11.4 Å². The van der Waals surface area contributed by atoms with E-state index in [1.807, 2.05) is 6.07 Å². The van der Waals surface area contributed by atoms with Crippen LogP contribution in [0.2, 0.25) is 0 Å². The van der Waals surface area contributed by atoms with Gasteiger partial charge in [-0.15, -0.1) is 0 Å². The Kier molecular flexibility index (Phi) is 2.39. The lowest BCUT2D eigenvalue weighted by atomic mass is 10.1. The highest BCUT2D eigenvalue weighted by molar-refractivity contribution is 5.93. The minimum Gasteiger partial charge on any atom is -0.496 e. The molecule has 78 valence electrons. The molecule has 0 saturated carbocycles. The molecule has 1 aromatic carbocycles. The van der Waals surface area contributed by atoms with E-state index in [9.17, 15) is 0 Å². The molecule has 15 heavy (non-hydrogen) atoms. The maximum atomic E-state index is 5.65. The summed E-state index contributed by atoms with van der Waals surface area (Å²) >= 11 is 0. The predicted molar refractivity (Wildman–Crippen MR) is 55.1 cm³/mol. The molecule has 1 aromatic heterocycles. The van der Waals surface area contributed by atoms with Gasteiger partial charge in [0, 0.05) is 0 Å². The van der Waals surface area contributed by atoms with Crippen molar-refractivity contribution in [1.82, 2.24) is 5.16 Å². The highest BCUT2D eigenvalue weighted by atomic mass is 16.5. The van der Waals surface area contributed by atoms with E-state index in [0.29, 0.717) is 29.1 Å². The highest BCUT2D eigenvalue weighted by Crippen LogP contribution is 2.31. The first-order valence-corrected chi connectivity index (χ1v) is 4.35. The molecule has 2 rings (SSSR count). The molecule has 0 fully saturated rings. The lowest BCUT2D eigenvalue weighted by Crippen LogP contribution is -1.92. The van der Waals surface area contributed by atoms with Crippen molar-refractivity contribution in [1.29, 1.82) is 0 Å². The van der Waals surface area contributed by atoms with Gasteiger partial charge < -0.3 is 15.0 Å². The Morgan fingerprint density at radius 2 is 2.33 bits per heavy atom. The summed E-state index contributed by atoms with van der Waals surface area (Å²) in [5.74, 6) is 0.947. The number of methoxy groups -OCH3 is 1. The Morgan fingerprint density at radius 3 is 3.00 bits per heavy atom. The normalized spacial score (nSPS) is 10.7. The number of hydrogen-bond acceptors (Lipinski definition) is 5. The van der Waals surface area contributed by atoms with Gasteiger partial charge in [-0.25, -0.2) is 0 Å². The van der Waals surface area contributed by atoms with Crippen LogP contribution in [0, 0.1) is 7.11 Å². The average molecular weight is 207 g/mol.